The molecule has 0 spiro atoms. The third-order valence-electron chi connectivity index (χ3n) is 3.29. The van der Waals surface area contributed by atoms with E-state index in [-0.39, 0.29) is 23.4 Å². The summed E-state index contributed by atoms with van der Waals surface area (Å²) in [5.74, 6) is 0.955. The zero-order chi connectivity index (χ0) is 17.1. The van der Waals surface area contributed by atoms with Gasteiger partial charge in [-0.2, -0.15) is 4.98 Å². The van der Waals surface area contributed by atoms with Gasteiger partial charge in [-0.15, -0.1) is 0 Å². The zero-order valence-corrected chi connectivity index (χ0v) is 14.5. The molecule has 0 aliphatic carbocycles. The second-order valence-electron chi connectivity index (χ2n) is 7.66. The Balaban J connectivity index is 2.53. The predicted octanol–water partition coefficient (Wildman–Crippen LogP) is 2.13. The van der Waals surface area contributed by atoms with Crippen molar-refractivity contribution in [1.29, 1.82) is 0 Å². The molecule has 0 saturated carbocycles. The molecule has 22 heavy (non-hydrogen) atoms. The molecule has 3 N–H and O–H groups in total. The van der Waals surface area contributed by atoms with Gasteiger partial charge in [-0.05, 0) is 12.3 Å². The van der Waals surface area contributed by atoms with E-state index in [4.69, 9.17) is 4.52 Å². The summed E-state index contributed by atoms with van der Waals surface area (Å²) in [5, 5.41) is 19.2. The van der Waals surface area contributed by atoms with Crippen LogP contribution in [0.25, 0.3) is 0 Å². The van der Waals surface area contributed by atoms with E-state index in [1.807, 2.05) is 41.5 Å². The lowest BCUT2D eigenvalue weighted by atomic mass is 9.89. The van der Waals surface area contributed by atoms with Crippen molar-refractivity contribution in [3.05, 3.63) is 11.7 Å². The smallest absolute Gasteiger partial charge is 0.315 e. The number of aromatic nitrogens is 2. The van der Waals surface area contributed by atoms with Crippen LogP contribution in [0.3, 0.4) is 0 Å². The predicted molar refractivity (Wildman–Crippen MR) is 83.4 cm³/mol. The van der Waals surface area contributed by atoms with Crippen LogP contribution in [0.2, 0.25) is 0 Å². The summed E-state index contributed by atoms with van der Waals surface area (Å²) in [6.07, 6.45) is -0.621. The fraction of sp³-hybridized carbons (Fsp3) is 0.800. The summed E-state index contributed by atoms with van der Waals surface area (Å²) in [5.41, 5.74) is -0.493. The van der Waals surface area contributed by atoms with E-state index in [9.17, 15) is 9.90 Å². The van der Waals surface area contributed by atoms with E-state index >= 15 is 0 Å². The molecule has 2 amide bonds. The summed E-state index contributed by atoms with van der Waals surface area (Å²) in [6, 6.07) is -0.790. The van der Waals surface area contributed by atoms with Gasteiger partial charge in [0.1, 0.15) is 6.04 Å². The molecule has 0 aliphatic heterocycles. The van der Waals surface area contributed by atoms with Crippen molar-refractivity contribution in [2.24, 2.45) is 5.41 Å². The molecule has 0 bridgehead atoms. The second-order valence-corrected chi connectivity index (χ2v) is 7.66. The highest BCUT2D eigenvalue weighted by atomic mass is 16.5. The average Bonchev–Trinajstić information content (AvgIpc) is 2.83. The fourth-order valence-corrected chi connectivity index (χ4v) is 1.52. The van der Waals surface area contributed by atoms with Crippen molar-refractivity contribution in [1.82, 2.24) is 20.8 Å². The number of carbonyl (C=O) groups excluding carboxylic acids is 1. The Hall–Kier alpha value is -1.63. The first-order valence-corrected chi connectivity index (χ1v) is 7.48. The number of aliphatic hydroxyl groups is 1. The molecule has 2 unspecified atom stereocenters. The van der Waals surface area contributed by atoms with Crippen molar-refractivity contribution >= 4 is 6.03 Å². The minimum absolute atomic E-state index is 0.180. The van der Waals surface area contributed by atoms with Crippen LogP contribution in [0, 0.1) is 5.41 Å². The highest BCUT2D eigenvalue weighted by Gasteiger charge is 2.25. The standard InChI is InChI=1S/C15H28N4O3/c1-9(11-18-12(19-22-11)15(5,6)7)17-13(21)16-8-10(20)14(2,3)4/h9-10,20H,8H2,1-7H3,(H2,16,17,21). The van der Waals surface area contributed by atoms with E-state index in [0.29, 0.717) is 11.7 Å². The minimum Gasteiger partial charge on any atom is -0.391 e. The van der Waals surface area contributed by atoms with Crippen molar-refractivity contribution in [2.45, 2.75) is 66.0 Å². The van der Waals surface area contributed by atoms with Crippen LogP contribution in [0.15, 0.2) is 4.52 Å². The van der Waals surface area contributed by atoms with Crippen LogP contribution in [0.4, 0.5) is 4.79 Å². The van der Waals surface area contributed by atoms with Gasteiger partial charge in [0, 0.05) is 12.0 Å². The Morgan fingerprint density at radius 1 is 1.27 bits per heavy atom. The lowest BCUT2D eigenvalue weighted by Gasteiger charge is -2.26. The number of nitrogens with one attached hydrogen (secondary N) is 2. The molecular formula is C15H28N4O3. The topological polar surface area (TPSA) is 100 Å². The molecular weight excluding hydrogens is 284 g/mol. The van der Waals surface area contributed by atoms with Gasteiger partial charge < -0.3 is 20.3 Å². The van der Waals surface area contributed by atoms with Crippen molar-refractivity contribution in [3.8, 4) is 0 Å². The van der Waals surface area contributed by atoms with E-state index in [1.54, 1.807) is 6.92 Å². The average molecular weight is 312 g/mol. The molecule has 1 aromatic rings. The normalized spacial score (nSPS) is 15.3. The molecule has 0 aliphatic rings. The number of carbonyl (C=O) groups is 1. The number of hydrogen-bond donors (Lipinski definition) is 3. The number of amides is 2. The highest BCUT2D eigenvalue weighted by molar-refractivity contribution is 5.74. The van der Waals surface area contributed by atoms with Crippen LogP contribution in [-0.2, 0) is 5.41 Å². The van der Waals surface area contributed by atoms with Crippen molar-refractivity contribution in [3.63, 3.8) is 0 Å². The van der Waals surface area contributed by atoms with E-state index in [0.717, 1.165) is 0 Å². The Kier molecular flexibility index (Phi) is 5.56. The van der Waals surface area contributed by atoms with Gasteiger partial charge >= 0.3 is 6.03 Å². The minimum atomic E-state index is -0.621. The lowest BCUT2D eigenvalue weighted by molar-refractivity contribution is 0.0648. The van der Waals surface area contributed by atoms with Crippen LogP contribution >= 0.6 is 0 Å². The van der Waals surface area contributed by atoms with Crippen LogP contribution in [0.1, 0.15) is 66.2 Å². The molecule has 126 valence electrons. The molecule has 1 aromatic heterocycles. The summed E-state index contributed by atoms with van der Waals surface area (Å²) in [6.45, 7) is 13.6. The maximum absolute atomic E-state index is 11.8. The fourth-order valence-electron chi connectivity index (χ4n) is 1.52. The zero-order valence-electron chi connectivity index (χ0n) is 14.5. The quantitative estimate of drug-likeness (QED) is 0.791. The van der Waals surface area contributed by atoms with Gasteiger partial charge in [-0.3, -0.25) is 0 Å². The van der Waals surface area contributed by atoms with E-state index < -0.39 is 12.1 Å². The molecule has 7 nitrogen and oxygen atoms in total. The summed E-state index contributed by atoms with van der Waals surface area (Å²) in [7, 11) is 0. The van der Waals surface area contributed by atoms with Crippen molar-refractivity contribution in [2.75, 3.05) is 6.54 Å². The van der Waals surface area contributed by atoms with Gasteiger partial charge in [-0.25, -0.2) is 4.79 Å². The molecule has 0 aromatic carbocycles. The second kappa shape index (κ2) is 6.64. The SMILES string of the molecule is CC(NC(=O)NCC(O)C(C)(C)C)c1nc(C(C)(C)C)no1. The number of nitrogens with zero attached hydrogens (tertiary/aromatic N) is 2. The van der Waals surface area contributed by atoms with Gasteiger partial charge in [0.15, 0.2) is 5.82 Å². The molecule has 0 radical (unpaired) electrons. The molecule has 7 heteroatoms. The first-order chi connectivity index (χ1) is 9.91. The molecule has 0 saturated heterocycles. The van der Waals surface area contributed by atoms with Crippen LogP contribution in [0.5, 0.6) is 0 Å². The van der Waals surface area contributed by atoms with E-state index in [2.05, 4.69) is 20.8 Å². The number of hydrogen-bond acceptors (Lipinski definition) is 5. The number of rotatable bonds is 4. The molecule has 0 fully saturated rings. The summed E-state index contributed by atoms with van der Waals surface area (Å²) in [4.78, 5) is 16.1. The third-order valence-corrected chi connectivity index (χ3v) is 3.29. The third kappa shape index (κ3) is 5.29. The Labute approximate surface area is 131 Å². The monoisotopic (exact) mass is 312 g/mol. The summed E-state index contributed by atoms with van der Waals surface area (Å²) >= 11 is 0. The van der Waals surface area contributed by atoms with Crippen molar-refractivity contribution < 1.29 is 14.4 Å². The first-order valence-electron chi connectivity index (χ1n) is 7.48. The summed E-state index contributed by atoms with van der Waals surface area (Å²) < 4.78 is 5.18. The van der Waals surface area contributed by atoms with Gasteiger partial charge in [0.05, 0.1) is 6.10 Å². The lowest BCUT2D eigenvalue weighted by Crippen LogP contribution is -2.44. The maximum atomic E-state index is 11.8. The van der Waals surface area contributed by atoms with Gasteiger partial charge in [-0.1, -0.05) is 46.7 Å². The molecule has 1 heterocycles. The number of urea groups is 1. The molecule has 2 atom stereocenters. The van der Waals surface area contributed by atoms with Crippen LogP contribution < -0.4 is 10.6 Å². The molecule has 1 rings (SSSR count). The van der Waals surface area contributed by atoms with E-state index in [1.165, 1.54) is 0 Å². The Morgan fingerprint density at radius 2 is 1.86 bits per heavy atom. The Bertz CT molecular complexity index is 500. The maximum Gasteiger partial charge on any atom is 0.315 e. The highest BCUT2D eigenvalue weighted by Crippen LogP contribution is 2.21. The van der Waals surface area contributed by atoms with Gasteiger partial charge in [0.25, 0.3) is 0 Å². The van der Waals surface area contributed by atoms with Crippen LogP contribution in [-0.4, -0.2) is 33.9 Å². The van der Waals surface area contributed by atoms with Gasteiger partial charge in [0.2, 0.25) is 5.89 Å². The largest absolute Gasteiger partial charge is 0.391 e. The Morgan fingerprint density at radius 3 is 2.32 bits per heavy atom. The number of aliphatic hydroxyl groups excluding tert-OH is 1. The first kappa shape index (κ1) is 18.4.